The van der Waals surface area contributed by atoms with E-state index in [0.29, 0.717) is 5.56 Å². The van der Waals surface area contributed by atoms with E-state index in [1.807, 2.05) is 27.7 Å². The summed E-state index contributed by atoms with van der Waals surface area (Å²) in [5, 5.41) is 0. The third-order valence-electron chi connectivity index (χ3n) is 4.99. The molecule has 2 N–H and O–H groups in total. The number of carbonyl (C=O) groups excluding carboxylic acids is 4. The number of hydrogen-bond donors (Lipinski definition) is 1. The molecule has 0 bridgehead atoms. The molecule has 0 aliphatic rings. The Bertz CT molecular complexity index is 895. The highest BCUT2D eigenvalue weighted by Crippen LogP contribution is 2.32. The molecule has 9 nitrogen and oxygen atoms in total. The molecule has 0 aromatic heterocycles. The molecular weight excluding hydrogens is 454 g/mol. The topological polar surface area (TPSA) is 131 Å². The summed E-state index contributed by atoms with van der Waals surface area (Å²) in [6.07, 6.45) is -0.0493. The van der Waals surface area contributed by atoms with Crippen LogP contribution in [-0.4, -0.2) is 42.6 Å². The molecular formula is C26H39NO8. The van der Waals surface area contributed by atoms with Gasteiger partial charge in [-0.25, -0.2) is 0 Å². The van der Waals surface area contributed by atoms with Crippen molar-refractivity contribution in [2.75, 3.05) is 7.11 Å². The third kappa shape index (κ3) is 10.5. The summed E-state index contributed by atoms with van der Waals surface area (Å²) in [6.45, 7) is 10.9. The molecule has 1 rings (SSSR count). The van der Waals surface area contributed by atoms with E-state index >= 15 is 0 Å². The number of methoxy groups -OCH3 is 1. The molecule has 0 radical (unpaired) electrons. The molecule has 0 amide bonds. The lowest BCUT2D eigenvalue weighted by Crippen LogP contribution is -2.53. The fourth-order valence-corrected chi connectivity index (χ4v) is 3.48. The average Bonchev–Trinajstić information content (AvgIpc) is 2.73. The summed E-state index contributed by atoms with van der Waals surface area (Å²) in [7, 11) is 1.23. The highest BCUT2D eigenvalue weighted by molar-refractivity contribution is 5.81. The number of nitrogens with two attached hydrogens (primary N) is 1. The van der Waals surface area contributed by atoms with E-state index < -0.39 is 35.5 Å². The van der Waals surface area contributed by atoms with Crippen LogP contribution in [0.4, 0.5) is 0 Å². The Balaban J connectivity index is 3.26. The lowest BCUT2D eigenvalue weighted by Gasteiger charge is -2.29. The van der Waals surface area contributed by atoms with Gasteiger partial charge in [0.2, 0.25) is 0 Å². The monoisotopic (exact) mass is 493 g/mol. The first-order valence-corrected chi connectivity index (χ1v) is 11.9. The zero-order valence-corrected chi connectivity index (χ0v) is 21.8. The Morgan fingerprint density at radius 1 is 0.886 bits per heavy atom. The van der Waals surface area contributed by atoms with E-state index in [0.717, 1.165) is 0 Å². The molecule has 196 valence electrons. The van der Waals surface area contributed by atoms with Crippen LogP contribution in [0.1, 0.15) is 72.8 Å². The van der Waals surface area contributed by atoms with Gasteiger partial charge in [0.05, 0.1) is 7.11 Å². The predicted octanol–water partition coefficient (Wildman–Crippen LogP) is 3.73. The summed E-state index contributed by atoms with van der Waals surface area (Å²) >= 11 is 0. The minimum Gasteiger partial charge on any atom is -0.468 e. The first-order chi connectivity index (χ1) is 16.3. The molecule has 35 heavy (non-hydrogen) atoms. The van der Waals surface area contributed by atoms with Crippen LogP contribution in [0.2, 0.25) is 0 Å². The SMILES string of the molecule is CCC(=O)OC(C)C[C@@](N)(Cc1ccc(OC(=O)CC(C)C)c(OC(=O)CC(C)C)c1)C(=O)OC. The zero-order chi connectivity index (χ0) is 26.8. The maximum Gasteiger partial charge on any atom is 0.326 e. The molecule has 9 heteroatoms. The molecule has 0 aliphatic heterocycles. The quantitative estimate of drug-likeness (QED) is 0.322. The van der Waals surface area contributed by atoms with Gasteiger partial charge in [0.25, 0.3) is 0 Å². The standard InChI is InChI=1S/C26H39NO8/c1-8-22(28)33-18(6)14-26(27,25(31)32-7)15-19-9-10-20(34-23(29)11-16(2)3)21(13-19)35-24(30)12-17(4)5/h9-10,13,16-18H,8,11-12,14-15,27H2,1-7H3/t18?,26-/m1/s1. The van der Waals surface area contributed by atoms with Gasteiger partial charge in [-0.05, 0) is 36.5 Å². The van der Waals surface area contributed by atoms with Crippen LogP contribution >= 0.6 is 0 Å². The summed E-state index contributed by atoms with van der Waals surface area (Å²) < 4.78 is 21.1. The van der Waals surface area contributed by atoms with Gasteiger partial charge >= 0.3 is 23.9 Å². The van der Waals surface area contributed by atoms with Crippen molar-refractivity contribution in [1.29, 1.82) is 0 Å². The minimum atomic E-state index is -1.52. The van der Waals surface area contributed by atoms with E-state index in [1.54, 1.807) is 19.9 Å². The van der Waals surface area contributed by atoms with Crippen LogP contribution in [0.3, 0.4) is 0 Å². The van der Waals surface area contributed by atoms with Gasteiger partial charge < -0.3 is 24.7 Å². The molecule has 0 fully saturated rings. The van der Waals surface area contributed by atoms with Gasteiger partial charge in [0, 0.05) is 32.1 Å². The second kappa shape index (κ2) is 13.8. The van der Waals surface area contributed by atoms with Crippen LogP contribution in [0.15, 0.2) is 18.2 Å². The largest absolute Gasteiger partial charge is 0.468 e. The van der Waals surface area contributed by atoms with E-state index in [-0.39, 0.29) is 55.4 Å². The van der Waals surface area contributed by atoms with E-state index in [1.165, 1.54) is 19.2 Å². The van der Waals surface area contributed by atoms with Crippen LogP contribution < -0.4 is 15.2 Å². The fraction of sp³-hybridized carbons (Fsp3) is 0.615. The van der Waals surface area contributed by atoms with Gasteiger partial charge in [0.15, 0.2) is 11.5 Å². The first kappa shape index (κ1) is 30.1. The van der Waals surface area contributed by atoms with Gasteiger partial charge in [-0.1, -0.05) is 40.7 Å². The number of ether oxygens (including phenoxy) is 4. The second-order valence-corrected chi connectivity index (χ2v) is 9.61. The van der Waals surface area contributed by atoms with E-state index in [2.05, 4.69) is 0 Å². The Morgan fingerprint density at radius 2 is 1.43 bits per heavy atom. The lowest BCUT2D eigenvalue weighted by molar-refractivity contribution is -0.154. The Morgan fingerprint density at radius 3 is 1.91 bits per heavy atom. The molecule has 0 heterocycles. The third-order valence-corrected chi connectivity index (χ3v) is 4.99. The molecule has 1 aromatic rings. The van der Waals surface area contributed by atoms with Crippen molar-refractivity contribution in [3.8, 4) is 11.5 Å². The summed E-state index contributed by atoms with van der Waals surface area (Å²) in [6, 6.07) is 4.65. The lowest BCUT2D eigenvalue weighted by atomic mass is 9.86. The molecule has 1 aromatic carbocycles. The van der Waals surface area contributed by atoms with Gasteiger partial charge in [-0.2, -0.15) is 0 Å². The first-order valence-electron chi connectivity index (χ1n) is 11.9. The Labute approximate surface area is 207 Å². The minimum absolute atomic E-state index is 0.00262. The number of benzene rings is 1. The van der Waals surface area contributed by atoms with Crippen molar-refractivity contribution in [1.82, 2.24) is 0 Å². The maximum absolute atomic E-state index is 12.6. The zero-order valence-electron chi connectivity index (χ0n) is 21.8. The molecule has 0 saturated carbocycles. The highest BCUT2D eigenvalue weighted by atomic mass is 16.6. The predicted molar refractivity (Wildman–Crippen MR) is 130 cm³/mol. The summed E-state index contributed by atoms with van der Waals surface area (Å²) in [5.74, 6) is -1.70. The van der Waals surface area contributed by atoms with Crippen molar-refractivity contribution in [2.45, 2.75) is 85.3 Å². The number of hydrogen-bond acceptors (Lipinski definition) is 9. The molecule has 0 aliphatic carbocycles. The van der Waals surface area contributed by atoms with Crippen molar-refractivity contribution >= 4 is 23.9 Å². The van der Waals surface area contributed by atoms with Crippen molar-refractivity contribution in [2.24, 2.45) is 17.6 Å². The normalized spacial score (nSPS) is 13.7. The van der Waals surface area contributed by atoms with E-state index in [4.69, 9.17) is 24.7 Å². The van der Waals surface area contributed by atoms with Gasteiger partial charge in [0.1, 0.15) is 11.6 Å². The molecule has 0 saturated heterocycles. The summed E-state index contributed by atoms with van der Waals surface area (Å²) in [4.78, 5) is 48.8. The smallest absolute Gasteiger partial charge is 0.326 e. The van der Waals surface area contributed by atoms with Crippen molar-refractivity contribution in [3.63, 3.8) is 0 Å². The maximum atomic E-state index is 12.6. The highest BCUT2D eigenvalue weighted by Gasteiger charge is 2.38. The van der Waals surface area contributed by atoms with Crippen LogP contribution in [0.5, 0.6) is 11.5 Å². The molecule has 2 atom stereocenters. The number of rotatable bonds is 13. The average molecular weight is 494 g/mol. The molecule has 0 spiro atoms. The van der Waals surface area contributed by atoms with Gasteiger partial charge in [-0.3, -0.25) is 19.2 Å². The van der Waals surface area contributed by atoms with Crippen LogP contribution in [0.25, 0.3) is 0 Å². The van der Waals surface area contributed by atoms with Crippen molar-refractivity contribution in [3.05, 3.63) is 23.8 Å². The Hall–Kier alpha value is -2.94. The fourth-order valence-electron chi connectivity index (χ4n) is 3.48. The Kier molecular flexibility index (Phi) is 11.9. The van der Waals surface area contributed by atoms with Gasteiger partial charge in [-0.15, -0.1) is 0 Å². The van der Waals surface area contributed by atoms with Crippen LogP contribution in [0, 0.1) is 11.8 Å². The molecule has 1 unspecified atom stereocenters. The number of carbonyl (C=O) groups is 4. The summed E-state index contributed by atoms with van der Waals surface area (Å²) in [5.41, 5.74) is 5.46. The van der Waals surface area contributed by atoms with E-state index in [9.17, 15) is 19.2 Å². The van der Waals surface area contributed by atoms with Crippen molar-refractivity contribution < 1.29 is 38.1 Å². The second-order valence-electron chi connectivity index (χ2n) is 9.61. The number of esters is 4. The van der Waals surface area contributed by atoms with Crippen LogP contribution in [-0.2, 0) is 35.1 Å².